The zero-order valence-corrected chi connectivity index (χ0v) is 79.0. The van der Waals surface area contributed by atoms with Crippen molar-refractivity contribution < 1.29 is 158 Å². The predicted molar refractivity (Wildman–Crippen MR) is 443 cm³/mol. The van der Waals surface area contributed by atoms with Gasteiger partial charge in [-0.15, -0.1) is 0 Å². The Morgan fingerprint density at radius 2 is 0.797 bits per heavy atom. The molecule has 3 aliphatic carbocycles. The van der Waals surface area contributed by atoms with Crippen LogP contribution in [0.4, 0.5) is 45.1 Å². The molecule has 128 heavy (non-hydrogen) atoms. The number of benzene rings is 3. The maximum atomic E-state index is 15.8. The summed E-state index contributed by atoms with van der Waals surface area (Å²) < 4.78 is 144. The number of alkyl carbamates (subject to hydrolysis) is 3. The minimum Gasteiger partial charge on any atom is -0.540 e. The van der Waals surface area contributed by atoms with Gasteiger partial charge in [-0.05, 0) is 159 Å². The number of hydrogen-bond acceptors (Lipinski definition) is 21. The fourth-order valence-electron chi connectivity index (χ4n) is 17.6. The fraction of sp³-hybridized carbons (Fsp3) is 0.629. The Kier molecular flexibility index (Phi) is 32.2. The molecule has 6 amide bonds. The van der Waals surface area contributed by atoms with Gasteiger partial charge in [0.2, 0.25) is 35.4 Å². The van der Waals surface area contributed by atoms with Crippen LogP contribution in [0.5, 0.6) is 17.6 Å². The molecule has 15 rings (SSSR count). The molecule has 18 atom stereocenters. The van der Waals surface area contributed by atoms with Gasteiger partial charge in [-0.1, -0.05) is 150 Å². The van der Waals surface area contributed by atoms with Gasteiger partial charge in [-0.2, -0.15) is 26.3 Å². The maximum absolute atomic E-state index is 15.8. The van der Waals surface area contributed by atoms with Crippen molar-refractivity contribution >= 4 is 111 Å². The predicted octanol–water partition coefficient (Wildman–Crippen LogP) is 15.8. The summed E-state index contributed by atoms with van der Waals surface area (Å²) in [4.78, 5) is 146. The molecule has 3 aromatic heterocycles. The molecule has 39 heteroatoms. The number of alkyl halides is 6. The molecule has 693 valence electrons. The van der Waals surface area contributed by atoms with Crippen LogP contribution in [0.15, 0.2) is 54.6 Å². The van der Waals surface area contributed by atoms with Crippen molar-refractivity contribution in [2.24, 2.45) is 51.8 Å². The van der Waals surface area contributed by atoms with E-state index in [9.17, 15) is 47.5 Å². The Morgan fingerprint density at radius 3 is 1.17 bits per heavy atom. The van der Waals surface area contributed by atoms with E-state index in [4.69, 9.17) is 51.6 Å². The topological polar surface area (TPSA) is 332 Å². The van der Waals surface area contributed by atoms with Crippen LogP contribution in [0, 0.1) is 57.6 Å². The van der Waals surface area contributed by atoms with Crippen LogP contribution in [0.2, 0.25) is 10.0 Å². The van der Waals surface area contributed by atoms with E-state index >= 15 is 26.3 Å². The number of amides is 6. The molecule has 3 saturated heterocycles. The molecule has 6 aliphatic heterocycles. The summed E-state index contributed by atoms with van der Waals surface area (Å²) in [5, 5.41) is 8.85. The first kappa shape index (κ1) is 102. The largest absolute Gasteiger partial charge is 0.540 e. The molecule has 6 aromatic rings. The number of nitrogens with zero attached hydrogens (tertiary/aromatic N) is 9. The van der Waals surface area contributed by atoms with Crippen molar-refractivity contribution in [1.82, 2.24) is 60.6 Å². The quantitative estimate of drug-likeness (QED) is 0.0838. The van der Waals surface area contributed by atoms with Crippen molar-refractivity contribution in [1.29, 1.82) is 0 Å². The molecule has 9 aliphatic rings. The van der Waals surface area contributed by atoms with Gasteiger partial charge in [0.15, 0.2) is 17.1 Å². The van der Waals surface area contributed by atoms with Gasteiger partial charge in [0.05, 0.1) is 52.7 Å². The third kappa shape index (κ3) is 23.1. The number of ether oxygens (including phenoxy) is 6. The zero-order valence-electron chi connectivity index (χ0n) is 73.3. The number of nitrogens with one attached hydrogen (secondary N) is 3. The monoisotopic (exact) mass is 1940 g/mol. The smallest absolute Gasteiger partial charge is 0.408 e. The normalized spacial score (nSPS) is 30.2. The van der Waals surface area contributed by atoms with E-state index in [2.05, 4.69) is 45.9 Å². The molecule has 6 fully saturated rings. The minimum atomic E-state index is -3.42. The summed E-state index contributed by atoms with van der Waals surface area (Å²) in [6, 6.07) is 6.46. The molecule has 3 saturated carbocycles. The van der Waals surface area contributed by atoms with Crippen LogP contribution < -0.4 is 30.2 Å². The summed E-state index contributed by atoms with van der Waals surface area (Å²) in [6.45, 7) is 22.7. The Bertz CT molecular complexity index is 5120. The average Bonchev–Trinajstić information content (AvgIpc) is 1.69. The summed E-state index contributed by atoms with van der Waals surface area (Å²) in [7, 11) is 0. The number of carbonyl (C=O) groups excluding carboxylic acids is 9. The summed E-state index contributed by atoms with van der Waals surface area (Å²) in [5.41, 5.74) is -3.63. The first-order valence-electron chi connectivity index (χ1n) is 42.8. The SMILES string of the molecule is CC[C@@H]1[C@@H]2CN(C(=O)[C@H](C(C)(C)C)NC(=O)O[C@@H]3C[C@H]3CCCCC(F)(F)c3nc4ccc(F)cc4nc3O2)[C@@H]1[C-]=O.C[C@@H]1[C@@H]2CN(C(=O)[C@H](C(C)(C)C)NC(=O)O[C@@H]3C[C@H]3CCCCC(F)(F)c3nc4ccc(Cl)cc4nc3O2)[C@@H]1[C-]=O.C[C@@H]1[C@@H]2CN(C(=O)[C@H](C(C)(C)C)NC(=O)O[C@]3(C)C[C@H]3CCCCC(F)(F)c3nc4ccc(Cl)cc4nc3O2)[C@@H]1[C-]=O.[V].[V].[V]. The first-order chi connectivity index (χ1) is 58.7. The van der Waals surface area contributed by atoms with Crippen molar-refractivity contribution in [3.8, 4) is 17.6 Å². The molecule has 3 radical (unpaired) electrons. The second-order valence-corrected chi connectivity index (χ2v) is 39.0. The molecule has 0 spiro atoms. The van der Waals surface area contributed by atoms with Crippen LogP contribution in [0.1, 0.15) is 210 Å². The Labute approximate surface area is 783 Å². The van der Waals surface area contributed by atoms with Crippen molar-refractivity contribution in [2.45, 2.75) is 283 Å². The van der Waals surface area contributed by atoms with E-state index < -0.39 is 196 Å². The van der Waals surface area contributed by atoms with E-state index in [1.54, 1.807) is 95.2 Å². The number of carbonyl (C=O) groups is 6. The van der Waals surface area contributed by atoms with Crippen LogP contribution in [0.3, 0.4) is 0 Å². The minimum absolute atomic E-state index is 0. The second-order valence-electron chi connectivity index (χ2n) is 38.1. The second kappa shape index (κ2) is 40.3. The van der Waals surface area contributed by atoms with Crippen LogP contribution in [0.25, 0.3) is 33.1 Å². The van der Waals surface area contributed by atoms with Gasteiger partial charge < -0.3 is 73.5 Å². The van der Waals surface area contributed by atoms with Gasteiger partial charge >= 0.3 is 18.3 Å². The summed E-state index contributed by atoms with van der Waals surface area (Å²) >= 11 is 12.3. The van der Waals surface area contributed by atoms with Gasteiger partial charge in [-0.3, -0.25) is 14.4 Å². The molecular formula is C89H106Cl2F7N12O15V3-3. The van der Waals surface area contributed by atoms with Gasteiger partial charge in [0, 0.05) is 97.0 Å². The molecule has 0 unspecified atom stereocenters. The van der Waals surface area contributed by atoms with E-state index in [0.29, 0.717) is 74.3 Å². The van der Waals surface area contributed by atoms with E-state index in [1.807, 2.05) is 25.8 Å². The molecular weight excluding hydrogens is 1830 g/mol. The molecule has 27 nitrogen and oxygen atoms in total. The zero-order chi connectivity index (χ0) is 90.7. The number of fused-ring (bicyclic) bond motifs is 15. The van der Waals surface area contributed by atoms with E-state index in [1.165, 1.54) is 45.0 Å². The number of hydrogen-bond donors (Lipinski definition) is 3. The fourth-order valence-corrected chi connectivity index (χ4v) is 17.9. The van der Waals surface area contributed by atoms with E-state index in [-0.39, 0.29) is 169 Å². The number of halogens is 9. The molecule has 3 aromatic carbocycles. The standard InChI is InChI=1S/C30H36ClF2N4O5.C30H36F3N4O5.C29H34ClF2N4O5.3V/c1-16-21(15-38)37-14-22(16)41-25-23(34-19-10-9-18(31)12-20(19)35-25)30(32,33)11-7-6-8-17-13-29(17,5)42-27(40)36-24(26(37)39)28(2,3)4;1-5-18-21(15-38)37-14-23(18)41-26-24(34-19-10-9-17(31)13-20(19)35-26)30(32,33)11-7-6-8-16-12-22(16)42-28(40)36-25(27(37)39)29(2,3)4;1-15-20(14-37)36-13-22(15)40-25-23(33-18-9-8-17(30)12-19(18)34-25)29(31,32)10-6-5-7-16-11-21(16)41-27(39)35-24(26(36)38)28(2,3)4;;;/h9-10,12,16-17,21-22,24H,6-8,11,13-14H2,1-5H3,(H,36,40);9-10,13,16,18,21-23,25H,5-8,11-12,14H2,1-4H3,(H,36,40);8-9,12,15-16,20-22,24H,5-7,10-11,13H2,1-4H3,(H,35,39);;;/q3*-1;;;/t16-,17+,21+,22-,24+,29+;16-,18+,21-,22-,23+,25-;15-,16+,20+,21+,22-,24+;;;/m010.../s1. The van der Waals surface area contributed by atoms with Crippen molar-refractivity contribution in [3.05, 3.63) is 87.5 Å². The van der Waals surface area contributed by atoms with Crippen LogP contribution in [-0.2, 0) is 116 Å². The summed E-state index contributed by atoms with van der Waals surface area (Å²) in [5.74, 6) is -15.2. The Morgan fingerprint density at radius 1 is 0.453 bits per heavy atom. The molecule has 6 bridgehead atoms. The third-order valence-corrected chi connectivity index (χ3v) is 25.9. The van der Waals surface area contributed by atoms with E-state index in [0.717, 1.165) is 12.1 Å². The van der Waals surface area contributed by atoms with Crippen LogP contribution in [-0.4, -0.2) is 191 Å². The van der Waals surface area contributed by atoms with Gasteiger partial charge in [0.25, 0.3) is 17.8 Å². The van der Waals surface area contributed by atoms with Crippen molar-refractivity contribution in [2.75, 3.05) is 19.6 Å². The Balaban J connectivity index is 0.000000198. The van der Waals surface area contributed by atoms with Crippen molar-refractivity contribution in [3.63, 3.8) is 0 Å². The van der Waals surface area contributed by atoms with Crippen LogP contribution >= 0.6 is 23.2 Å². The molecule has 3 N–H and O–H groups in total. The third-order valence-electron chi connectivity index (χ3n) is 25.4. The summed E-state index contributed by atoms with van der Waals surface area (Å²) in [6.07, 6.45) is 4.93. The number of aromatic nitrogens is 6. The average molecular weight is 1940 g/mol. The number of rotatable bonds is 4. The first-order valence-corrected chi connectivity index (χ1v) is 43.5. The molecule has 9 heterocycles. The Hall–Kier alpha value is -7.85. The van der Waals surface area contributed by atoms with Gasteiger partial charge in [-0.25, -0.2) is 67.5 Å². The maximum Gasteiger partial charge on any atom is 0.408 e. The van der Waals surface area contributed by atoms with Gasteiger partial charge in [0.1, 0.15) is 60.1 Å².